The minimum atomic E-state index is -3.46. The lowest BCUT2D eigenvalue weighted by atomic mass is 10.0. The number of hydrogen-bond donors (Lipinski definition) is 1. The van der Waals surface area contributed by atoms with E-state index in [1.807, 2.05) is 0 Å². The smallest absolute Gasteiger partial charge is 0.326 e. The number of piperidine rings is 1. The van der Waals surface area contributed by atoms with E-state index >= 15 is 0 Å². The minimum Gasteiger partial charge on any atom is -0.480 e. The van der Waals surface area contributed by atoms with Crippen LogP contribution in [0.3, 0.4) is 0 Å². The zero-order chi connectivity index (χ0) is 14.6. The number of amides is 1. The van der Waals surface area contributed by atoms with Gasteiger partial charge in [0.1, 0.15) is 11.8 Å². The number of rotatable bonds is 5. The summed E-state index contributed by atoms with van der Waals surface area (Å²) < 4.78 is 23.6. The quantitative estimate of drug-likeness (QED) is 0.797. The maximum atomic E-state index is 12.0. The van der Waals surface area contributed by atoms with Crippen LogP contribution >= 0.6 is 0 Å². The van der Waals surface area contributed by atoms with Gasteiger partial charge in [-0.05, 0) is 25.2 Å². The Morgan fingerprint density at radius 3 is 2.47 bits per heavy atom. The van der Waals surface area contributed by atoms with Gasteiger partial charge in [0, 0.05) is 6.54 Å². The molecule has 1 aliphatic heterocycles. The molecule has 0 spiro atoms. The van der Waals surface area contributed by atoms with E-state index in [0.29, 0.717) is 13.0 Å². The Hall–Kier alpha value is -1.11. The van der Waals surface area contributed by atoms with Crippen LogP contribution in [-0.2, 0) is 19.4 Å². The fraction of sp³-hybridized carbons (Fsp3) is 0.833. The zero-order valence-corrected chi connectivity index (χ0v) is 12.1. The second-order valence-corrected chi connectivity index (χ2v) is 7.49. The Kier molecular flexibility index (Phi) is 5.34. The molecule has 19 heavy (non-hydrogen) atoms. The normalized spacial score (nSPS) is 20.6. The van der Waals surface area contributed by atoms with Gasteiger partial charge in [0.15, 0.2) is 9.84 Å². The van der Waals surface area contributed by atoms with Crippen LogP contribution in [-0.4, -0.2) is 54.4 Å². The van der Waals surface area contributed by atoms with E-state index < -0.39 is 33.5 Å². The van der Waals surface area contributed by atoms with Gasteiger partial charge in [-0.15, -0.1) is 0 Å². The lowest BCUT2D eigenvalue weighted by Gasteiger charge is -2.32. The number of nitrogens with zero attached hydrogens (tertiary/aromatic N) is 1. The van der Waals surface area contributed by atoms with Gasteiger partial charge in [-0.1, -0.05) is 13.8 Å². The molecule has 1 aliphatic rings. The Balaban J connectivity index is 2.73. The summed E-state index contributed by atoms with van der Waals surface area (Å²) in [5, 5.41) is 9.06. The summed E-state index contributed by atoms with van der Waals surface area (Å²) in [5.41, 5.74) is 0. The third-order valence-corrected chi connectivity index (χ3v) is 4.90. The number of aliphatic carboxylic acids is 1. The second kappa shape index (κ2) is 6.36. The number of hydrogen-bond acceptors (Lipinski definition) is 4. The summed E-state index contributed by atoms with van der Waals surface area (Å²) in [7, 11) is -3.46. The van der Waals surface area contributed by atoms with E-state index in [-0.39, 0.29) is 11.7 Å². The van der Waals surface area contributed by atoms with E-state index in [1.165, 1.54) is 4.90 Å². The molecule has 1 fully saturated rings. The van der Waals surface area contributed by atoms with Crippen LogP contribution in [0.2, 0.25) is 0 Å². The zero-order valence-electron chi connectivity index (χ0n) is 11.3. The van der Waals surface area contributed by atoms with E-state index in [4.69, 9.17) is 5.11 Å². The maximum absolute atomic E-state index is 12.0. The van der Waals surface area contributed by atoms with Gasteiger partial charge >= 0.3 is 5.97 Å². The number of carbonyl (C=O) groups excluding carboxylic acids is 1. The molecule has 6 nitrogen and oxygen atoms in total. The van der Waals surface area contributed by atoms with Crippen molar-refractivity contribution in [1.82, 2.24) is 4.90 Å². The molecule has 0 aromatic heterocycles. The molecule has 1 rings (SSSR count). The molecule has 1 N–H and O–H groups in total. The lowest BCUT2D eigenvalue weighted by molar-refractivity contribution is -0.151. The van der Waals surface area contributed by atoms with Crippen molar-refractivity contribution < 1.29 is 23.1 Å². The average Bonchev–Trinajstić information content (AvgIpc) is 2.26. The van der Waals surface area contributed by atoms with E-state index in [0.717, 1.165) is 12.8 Å². The van der Waals surface area contributed by atoms with Crippen molar-refractivity contribution in [2.24, 2.45) is 5.92 Å². The molecule has 0 saturated carbocycles. The highest BCUT2D eigenvalue weighted by Crippen LogP contribution is 2.18. The Labute approximate surface area is 113 Å². The van der Waals surface area contributed by atoms with Crippen molar-refractivity contribution in [3.8, 4) is 0 Å². The number of carboxylic acids is 1. The SMILES string of the molecule is CC(C)CS(=O)(=O)CC(=O)N1CCCC[C@@H]1C(=O)O. The molecule has 1 atom stereocenters. The Bertz CT molecular complexity index is 443. The summed E-state index contributed by atoms with van der Waals surface area (Å²) in [6.07, 6.45) is 1.87. The standard InChI is InChI=1S/C12H21NO5S/c1-9(2)7-19(17,18)8-11(14)13-6-4-3-5-10(13)12(15)16/h9-10H,3-8H2,1-2H3,(H,15,16)/t10-/m1/s1. The van der Waals surface area contributed by atoms with Crippen LogP contribution in [0.15, 0.2) is 0 Å². The first-order chi connectivity index (χ1) is 8.73. The maximum Gasteiger partial charge on any atom is 0.326 e. The van der Waals surface area contributed by atoms with Crippen LogP contribution in [0.1, 0.15) is 33.1 Å². The predicted octanol–water partition coefficient (Wildman–Crippen LogP) is 0.523. The molecule has 0 radical (unpaired) electrons. The van der Waals surface area contributed by atoms with Crippen LogP contribution in [0.5, 0.6) is 0 Å². The molecule has 7 heteroatoms. The van der Waals surface area contributed by atoms with Crippen LogP contribution in [0, 0.1) is 5.92 Å². The second-order valence-electron chi connectivity index (χ2n) is 5.39. The van der Waals surface area contributed by atoms with Crippen molar-refractivity contribution in [1.29, 1.82) is 0 Å². The number of carbonyl (C=O) groups is 2. The molecule has 1 saturated heterocycles. The number of carboxylic acid groups (broad SMARTS) is 1. The fourth-order valence-electron chi connectivity index (χ4n) is 2.32. The highest BCUT2D eigenvalue weighted by atomic mass is 32.2. The van der Waals surface area contributed by atoms with Gasteiger partial charge in [0.2, 0.25) is 5.91 Å². The highest BCUT2D eigenvalue weighted by molar-refractivity contribution is 7.92. The van der Waals surface area contributed by atoms with Gasteiger partial charge in [-0.2, -0.15) is 0 Å². The molecular weight excluding hydrogens is 270 g/mol. The Morgan fingerprint density at radius 2 is 1.95 bits per heavy atom. The van der Waals surface area contributed by atoms with Gasteiger partial charge in [0.05, 0.1) is 5.75 Å². The van der Waals surface area contributed by atoms with Gasteiger partial charge in [-0.25, -0.2) is 13.2 Å². The molecule has 1 heterocycles. The fourth-order valence-corrected chi connectivity index (χ4v) is 4.00. The largest absolute Gasteiger partial charge is 0.480 e. The molecule has 0 aliphatic carbocycles. The summed E-state index contributed by atoms with van der Waals surface area (Å²) in [6, 6.07) is -0.879. The van der Waals surface area contributed by atoms with Gasteiger partial charge < -0.3 is 10.0 Å². The molecule has 110 valence electrons. The van der Waals surface area contributed by atoms with Crippen LogP contribution in [0.4, 0.5) is 0 Å². The topological polar surface area (TPSA) is 91.8 Å². The lowest BCUT2D eigenvalue weighted by Crippen LogP contribution is -2.50. The third-order valence-electron chi connectivity index (χ3n) is 3.04. The van der Waals surface area contributed by atoms with E-state index in [2.05, 4.69) is 0 Å². The summed E-state index contributed by atoms with van der Waals surface area (Å²) >= 11 is 0. The van der Waals surface area contributed by atoms with Crippen molar-refractivity contribution >= 4 is 21.7 Å². The van der Waals surface area contributed by atoms with Crippen LogP contribution < -0.4 is 0 Å². The van der Waals surface area contributed by atoms with Crippen LogP contribution in [0.25, 0.3) is 0 Å². The summed E-state index contributed by atoms with van der Waals surface area (Å²) in [5.74, 6) is -2.34. The number of sulfone groups is 1. The molecule has 0 unspecified atom stereocenters. The average molecular weight is 291 g/mol. The van der Waals surface area contributed by atoms with Gasteiger partial charge in [-0.3, -0.25) is 4.79 Å². The molecule has 1 amide bonds. The monoisotopic (exact) mass is 291 g/mol. The predicted molar refractivity (Wildman–Crippen MR) is 70.5 cm³/mol. The third kappa shape index (κ3) is 4.81. The minimum absolute atomic E-state index is 0.0468. The number of likely N-dealkylation sites (tertiary alicyclic amines) is 1. The molecule has 0 bridgehead atoms. The Morgan fingerprint density at radius 1 is 1.32 bits per heavy atom. The van der Waals surface area contributed by atoms with E-state index in [1.54, 1.807) is 13.8 Å². The molecular formula is C12H21NO5S. The van der Waals surface area contributed by atoms with Crippen molar-refractivity contribution in [3.05, 3.63) is 0 Å². The van der Waals surface area contributed by atoms with Crippen molar-refractivity contribution in [3.63, 3.8) is 0 Å². The summed E-state index contributed by atoms with van der Waals surface area (Å²) in [6.45, 7) is 3.86. The molecule has 0 aromatic carbocycles. The summed E-state index contributed by atoms with van der Waals surface area (Å²) in [4.78, 5) is 24.3. The van der Waals surface area contributed by atoms with Gasteiger partial charge in [0.25, 0.3) is 0 Å². The first-order valence-electron chi connectivity index (χ1n) is 6.45. The highest BCUT2D eigenvalue weighted by Gasteiger charge is 2.33. The first kappa shape index (κ1) is 15.9. The first-order valence-corrected chi connectivity index (χ1v) is 8.28. The van der Waals surface area contributed by atoms with Crippen molar-refractivity contribution in [2.75, 3.05) is 18.1 Å². The molecule has 0 aromatic rings. The van der Waals surface area contributed by atoms with Crippen molar-refractivity contribution in [2.45, 2.75) is 39.2 Å². The van der Waals surface area contributed by atoms with E-state index in [9.17, 15) is 18.0 Å².